The molecule has 17 heavy (non-hydrogen) atoms. The SMILES string of the molecule is Nc1ccc(S(=O)(=O)N2CCOCC2)c(Br)c1. The molecule has 1 aromatic carbocycles. The van der Waals surface area contributed by atoms with Gasteiger partial charge in [-0.1, -0.05) is 0 Å². The number of ether oxygens (including phenoxy) is 1. The van der Waals surface area contributed by atoms with Crippen LogP contribution >= 0.6 is 15.9 Å². The Morgan fingerprint density at radius 3 is 2.53 bits per heavy atom. The molecule has 0 radical (unpaired) electrons. The number of hydrogen-bond acceptors (Lipinski definition) is 4. The summed E-state index contributed by atoms with van der Waals surface area (Å²) >= 11 is 3.23. The van der Waals surface area contributed by atoms with Gasteiger partial charge in [-0.3, -0.25) is 0 Å². The Morgan fingerprint density at radius 2 is 1.94 bits per heavy atom. The third-order valence-electron chi connectivity index (χ3n) is 2.54. The molecule has 2 N–H and O–H groups in total. The number of nitrogens with two attached hydrogens (primary N) is 1. The van der Waals surface area contributed by atoms with E-state index in [1.807, 2.05) is 0 Å². The number of nitrogens with zero attached hydrogens (tertiary/aromatic N) is 1. The number of benzene rings is 1. The van der Waals surface area contributed by atoms with Crippen molar-refractivity contribution in [2.45, 2.75) is 4.90 Å². The van der Waals surface area contributed by atoms with E-state index in [1.165, 1.54) is 10.4 Å². The summed E-state index contributed by atoms with van der Waals surface area (Å²) in [6.45, 7) is 1.65. The number of hydrogen-bond donors (Lipinski definition) is 1. The van der Waals surface area contributed by atoms with Crippen molar-refractivity contribution >= 4 is 31.6 Å². The summed E-state index contributed by atoms with van der Waals surface area (Å²) < 4.78 is 31.7. The van der Waals surface area contributed by atoms with Gasteiger partial charge >= 0.3 is 0 Å². The predicted octanol–water partition coefficient (Wildman–Crippen LogP) is 1.05. The number of morpholine rings is 1. The molecule has 0 spiro atoms. The van der Waals surface area contributed by atoms with Gasteiger partial charge in [-0.25, -0.2) is 8.42 Å². The zero-order valence-corrected chi connectivity index (χ0v) is 11.5. The van der Waals surface area contributed by atoms with E-state index in [4.69, 9.17) is 10.5 Å². The van der Waals surface area contributed by atoms with E-state index in [1.54, 1.807) is 12.1 Å². The van der Waals surface area contributed by atoms with Crippen molar-refractivity contribution in [3.63, 3.8) is 0 Å². The summed E-state index contributed by atoms with van der Waals surface area (Å²) in [6.07, 6.45) is 0. The van der Waals surface area contributed by atoms with Crippen molar-refractivity contribution < 1.29 is 13.2 Å². The Hall–Kier alpha value is -0.630. The smallest absolute Gasteiger partial charge is 0.244 e. The summed E-state index contributed by atoms with van der Waals surface area (Å²) in [5.41, 5.74) is 6.12. The molecule has 5 nitrogen and oxygen atoms in total. The molecule has 94 valence electrons. The van der Waals surface area contributed by atoms with Crippen LogP contribution in [0.25, 0.3) is 0 Å². The summed E-state index contributed by atoms with van der Waals surface area (Å²) in [4.78, 5) is 0.244. The van der Waals surface area contributed by atoms with Gasteiger partial charge in [0, 0.05) is 23.2 Å². The highest BCUT2D eigenvalue weighted by atomic mass is 79.9. The van der Waals surface area contributed by atoms with E-state index in [-0.39, 0.29) is 4.90 Å². The van der Waals surface area contributed by atoms with Crippen molar-refractivity contribution in [2.75, 3.05) is 32.0 Å². The number of sulfonamides is 1. The first kappa shape index (κ1) is 12.8. The maximum Gasteiger partial charge on any atom is 0.244 e. The van der Waals surface area contributed by atoms with Crippen molar-refractivity contribution in [1.29, 1.82) is 0 Å². The minimum absolute atomic E-state index is 0.244. The zero-order valence-electron chi connectivity index (χ0n) is 9.10. The lowest BCUT2D eigenvalue weighted by Crippen LogP contribution is -2.40. The molecule has 0 amide bonds. The molecule has 1 aromatic rings. The lowest BCUT2D eigenvalue weighted by molar-refractivity contribution is 0.0730. The molecular formula is C10H13BrN2O3S. The Kier molecular flexibility index (Phi) is 3.72. The summed E-state index contributed by atoms with van der Waals surface area (Å²) in [7, 11) is -3.46. The van der Waals surface area contributed by atoms with Crippen LogP contribution in [-0.2, 0) is 14.8 Å². The molecule has 0 unspecified atom stereocenters. The minimum Gasteiger partial charge on any atom is -0.399 e. The molecule has 0 aliphatic carbocycles. The summed E-state index contributed by atoms with van der Waals surface area (Å²) in [5, 5.41) is 0. The average molecular weight is 321 g/mol. The Labute approximate surface area is 109 Å². The third-order valence-corrected chi connectivity index (χ3v) is 5.42. The lowest BCUT2D eigenvalue weighted by atomic mass is 10.3. The quantitative estimate of drug-likeness (QED) is 0.827. The van der Waals surface area contributed by atoms with Crippen molar-refractivity contribution in [2.24, 2.45) is 0 Å². The van der Waals surface area contributed by atoms with E-state index in [0.29, 0.717) is 36.5 Å². The van der Waals surface area contributed by atoms with Crippen LogP contribution in [0.5, 0.6) is 0 Å². The molecule has 1 aliphatic rings. The first-order valence-corrected chi connectivity index (χ1v) is 7.38. The fraction of sp³-hybridized carbons (Fsp3) is 0.400. The van der Waals surface area contributed by atoms with Crippen LogP contribution in [0.3, 0.4) is 0 Å². The second kappa shape index (κ2) is 4.93. The first-order valence-electron chi connectivity index (χ1n) is 5.15. The van der Waals surface area contributed by atoms with Crippen LogP contribution in [0.2, 0.25) is 0 Å². The van der Waals surface area contributed by atoms with Gasteiger partial charge in [-0.05, 0) is 34.1 Å². The van der Waals surface area contributed by atoms with Gasteiger partial charge in [0.1, 0.15) is 0 Å². The van der Waals surface area contributed by atoms with Crippen LogP contribution < -0.4 is 5.73 Å². The van der Waals surface area contributed by atoms with E-state index >= 15 is 0 Å². The van der Waals surface area contributed by atoms with E-state index in [9.17, 15) is 8.42 Å². The zero-order chi connectivity index (χ0) is 12.5. The molecule has 1 heterocycles. The molecule has 1 fully saturated rings. The number of anilines is 1. The average Bonchev–Trinajstić information content (AvgIpc) is 2.29. The first-order chi connectivity index (χ1) is 8.01. The highest BCUT2D eigenvalue weighted by Crippen LogP contribution is 2.27. The number of rotatable bonds is 2. The molecule has 0 bridgehead atoms. The topological polar surface area (TPSA) is 72.6 Å². The molecule has 1 aliphatic heterocycles. The highest BCUT2D eigenvalue weighted by Gasteiger charge is 2.27. The third kappa shape index (κ3) is 2.62. The van der Waals surface area contributed by atoms with Crippen molar-refractivity contribution in [3.05, 3.63) is 22.7 Å². The lowest BCUT2D eigenvalue weighted by Gasteiger charge is -2.26. The minimum atomic E-state index is -3.46. The number of nitrogen functional groups attached to an aromatic ring is 1. The monoisotopic (exact) mass is 320 g/mol. The molecule has 2 rings (SSSR count). The van der Waals surface area contributed by atoms with Gasteiger partial charge in [-0.2, -0.15) is 4.31 Å². The van der Waals surface area contributed by atoms with Crippen LogP contribution in [-0.4, -0.2) is 39.0 Å². The molecule has 0 atom stereocenters. The van der Waals surface area contributed by atoms with E-state index in [2.05, 4.69) is 15.9 Å². The Balaban J connectivity index is 2.37. The standard InChI is InChI=1S/C10H13BrN2O3S/c11-9-7-8(12)1-2-10(9)17(14,15)13-3-5-16-6-4-13/h1-2,7H,3-6,12H2. The Morgan fingerprint density at radius 1 is 1.29 bits per heavy atom. The Bertz CT molecular complexity index is 512. The van der Waals surface area contributed by atoms with Gasteiger partial charge in [0.25, 0.3) is 0 Å². The second-order valence-corrected chi connectivity index (χ2v) is 6.47. The molecule has 1 saturated heterocycles. The van der Waals surface area contributed by atoms with Crippen molar-refractivity contribution in [3.8, 4) is 0 Å². The second-order valence-electron chi connectivity index (χ2n) is 3.71. The summed E-state index contributed by atoms with van der Waals surface area (Å²) in [6, 6.07) is 4.69. The van der Waals surface area contributed by atoms with Crippen molar-refractivity contribution in [1.82, 2.24) is 4.31 Å². The number of halogens is 1. The van der Waals surface area contributed by atoms with Crippen LogP contribution in [0.1, 0.15) is 0 Å². The fourth-order valence-electron chi connectivity index (χ4n) is 1.65. The van der Waals surface area contributed by atoms with Crippen LogP contribution in [0.4, 0.5) is 5.69 Å². The largest absolute Gasteiger partial charge is 0.399 e. The van der Waals surface area contributed by atoms with Gasteiger partial charge < -0.3 is 10.5 Å². The molecule has 0 aromatic heterocycles. The highest BCUT2D eigenvalue weighted by molar-refractivity contribution is 9.10. The van der Waals surface area contributed by atoms with Gasteiger partial charge in [0.2, 0.25) is 10.0 Å². The maximum absolute atomic E-state index is 12.3. The predicted molar refractivity (Wildman–Crippen MR) is 68.1 cm³/mol. The normalized spacial score (nSPS) is 18.2. The van der Waals surface area contributed by atoms with Gasteiger partial charge in [0.05, 0.1) is 18.1 Å². The van der Waals surface area contributed by atoms with Crippen LogP contribution in [0.15, 0.2) is 27.6 Å². The summed E-state index contributed by atoms with van der Waals surface area (Å²) in [5.74, 6) is 0. The molecule has 7 heteroatoms. The van der Waals surface area contributed by atoms with Crippen LogP contribution in [0, 0.1) is 0 Å². The maximum atomic E-state index is 12.3. The van der Waals surface area contributed by atoms with Gasteiger partial charge in [0.15, 0.2) is 0 Å². The van der Waals surface area contributed by atoms with Gasteiger partial charge in [-0.15, -0.1) is 0 Å². The van der Waals surface area contributed by atoms with E-state index < -0.39 is 10.0 Å². The fourth-order valence-corrected chi connectivity index (χ4v) is 4.12. The molecule has 0 saturated carbocycles. The molecular weight excluding hydrogens is 308 g/mol. The van der Waals surface area contributed by atoms with E-state index in [0.717, 1.165) is 0 Å².